The molecule has 0 aliphatic carbocycles. The van der Waals surface area contributed by atoms with E-state index >= 15 is 0 Å². The highest BCUT2D eigenvalue weighted by molar-refractivity contribution is 5.95. The van der Waals surface area contributed by atoms with Crippen molar-refractivity contribution in [1.82, 2.24) is 9.97 Å². The maximum absolute atomic E-state index is 13.0. The predicted octanol–water partition coefficient (Wildman–Crippen LogP) is 15.4. The summed E-state index contributed by atoms with van der Waals surface area (Å²) in [6.45, 7) is 7.88. The topological polar surface area (TPSA) is 131 Å². The highest BCUT2D eigenvalue weighted by Crippen LogP contribution is 2.21. The molecule has 0 spiro atoms. The first-order chi connectivity index (χ1) is 32.2. The van der Waals surface area contributed by atoms with Gasteiger partial charge in [-0.15, -0.1) is 0 Å². The number of ether oxygens (including phenoxy) is 4. The number of hydrogen-bond acceptors (Lipinski definition) is 10. The zero-order valence-corrected chi connectivity index (χ0v) is 41.3. The molecule has 0 aliphatic rings. The number of benzene rings is 1. The quantitative estimate of drug-likeness (QED) is 0.0311. The van der Waals surface area contributed by atoms with Gasteiger partial charge in [0.05, 0.1) is 33.9 Å². The van der Waals surface area contributed by atoms with Crippen molar-refractivity contribution in [3.8, 4) is 0 Å². The highest BCUT2D eigenvalue weighted by Gasteiger charge is 2.18. The molecule has 0 aliphatic heterocycles. The van der Waals surface area contributed by atoms with Gasteiger partial charge in [0.25, 0.3) is 0 Å². The fraction of sp³-hybridized carbons (Fsp3) is 0.643. The molecule has 0 saturated heterocycles. The van der Waals surface area contributed by atoms with Gasteiger partial charge in [0.1, 0.15) is 25.4 Å². The zero-order chi connectivity index (χ0) is 47.5. The Kier molecular flexibility index (Phi) is 30.0. The van der Waals surface area contributed by atoms with Gasteiger partial charge in [-0.1, -0.05) is 186 Å². The van der Waals surface area contributed by atoms with Crippen LogP contribution in [-0.4, -0.2) is 33.8 Å². The lowest BCUT2D eigenvalue weighted by atomic mass is 10.0. The minimum atomic E-state index is -0.624. The molecule has 0 N–H and O–H groups in total. The Labute approximate surface area is 398 Å². The second-order valence-electron chi connectivity index (χ2n) is 18.1. The number of unbranched alkanes of at least 4 members (excludes halogenated alkanes) is 24. The third-order valence-corrected chi connectivity index (χ3v) is 12.1. The number of esters is 4. The fourth-order valence-electron chi connectivity index (χ4n) is 8.04. The van der Waals surface area contributed by atoms with E-state index in [1.807, 2.05) is 0 Å². The number of nitrogens with zero attached hydrogens (tertiary/aromatic N) is 2. The van der Waals surface area contributed by atoms with E-state index in [9.17, 15) is 19.2 Å². The molecule has 0 bridgehead atoms. The zero-order valence-electron chi connectivity index (χ0n) is 41.3. The SMILES string of the molecule is CCCCCCCCCCCCCCCC(=O)OC(C)c1cccc(COC(=O)c2cccc(C(=O)OCc3cccc(C(C)OC(=O)CCCCCCCCCCCCCCC)n3)c2)n1. The average molecular weight is 913 g/mol. The minimum absolute atomic E-state index is 0.101. The highest BCUT2D eigenvalue weighted by atomic mass is 16.6. The lowest BCUT2D eigenvalue weighted by Crippen LogP contribution is -2.12. The molecule has 2 atom stereocenters. The van der Waals surface area contributed by atoms with Crippen LogP contribution in [0.5, 0.6) is 0 Å². The van der Waals surface area contributed by atoms with E-state index in [0.717, 1.165) is 38.5 Å². The molecule has 0 fully saturated rings. The van der Waals surface area contributed by atoms with Gasteiger partial charge in [-0.3, -0.25) is 19.6 Å². The normalized spacial score (nSPS) is 12.1. The molecule has 1 aromatic carbocycles. The summed E-state index contributed by atoms with van der Waals surface area (Å²) >= 11 is 0. The molecular weight excluding hydrogens is 829 g/mol. The molecule has 2 unspecified atom stereocenters. The number of aromatic nitrogens is 2. The van der Waals surface area contributed by atoms with Crippen LogP contribution in [0.15, 0.2) is 60.7 Å². The lowest BCUT2D eigenvalue weighted by Gasteiger charge is -2.14. The molecule has 0 radical (unpaired) electrons. The van der Waals surface area contributed by atoms with Crippen molar-refractivity contribution < 1.29 is 38.1 Å². The summed E-state index contributed by atoms with van der Waals surface area (Å²) in [5.74, 6) is -1.73. The van der Waals surface area contributed by atoms with E-state index in [4.69, 9.17) is 18.9 Å². The van der Waals surface area contributed by atoms with Crippen molar-refractivity contribution in [1.29, 1.82) is 0 Å². The Hall–Kier alpha value is -4.60. The summed E-state index contributed by atoms with van der Waals surface area (Å²) in [5, 5.41) is 0. The van der Waals surface area contributed by atoms with Crippen LogP contribution in [0.3, 0.4) is 0 Å². The van der Waals surface area contributed by atoms with Crippen molar-refractivity contribution in [2.75, 3.05) is 0 Å². The summed E-state index contributed by atoms with van der Waals surface area (Å²) in [7, 11) is 0. The maximum atomic E-state index is 13.0. The first-order valence-corrected chi connectivity index (χ1v) is 25.9. The molecule has 0 amide bonds. The van der Waals surface area contributed by atoms with Crippen LogP contribution in [0.4, 0.5) is 0 Å². The molecule has 3 rings (SSSR count). The molecule has 0 saturated carbocycles. The van der Waals surface area contributed by atoms with Gasteiger partial charge in [-0.05, 0) is 69.2 Å². The lowest BCUT2D eigenvalue weighted by molar-refractivity contribution is -0.149. The summed E-state index contributed by atoms with van der Waals surface area (Å²) in [6.07, 6.45) is 32.1. The maximum Gasteiger partial charge on any atom is 0.338 e. The average Bonchev–Trinajstić information content (AvgIpc) is 3.33. The standard InChI is InChI=1S/C56H84N2O8/c1-5-7-9-11-13-15-17-19-21-23-25-27-29-40-53(59)65-45(3)51-38-32-36-49(57-51)43-63-55(61)47-34-31-35-48(42-47)56(62)64-44-50-37-33-39-52(58-50)46(4)66-54(60)41-30-28-26-24-22-20-18-16-14-12-10-8-6-2/h31-39,42,45-46H,5-30,40-41,43-44H2,1-4H3. The van der Waals surface area contributed by atoms with Gasteiger partial charge in [-0.25, -0.2) is 9.59 Å². The summed E-state index contributed by atoms with van der Waals surface area (Å²) in [4.78, 5) is 60.3. The van der Waals surface area contributed by atoms with E-state index in [0.29, 0.717) is 35.6 Å². The molecule has 66 heavy (non-hydrogen) atoms. The number of carbonyl (C=O) groups excluding carboxylic acids is 4. The molecule has 2 heterocycles. The van der Waals surface area contributed by atoms with Crippen molar-refractivity contribution in [3.63, 3.8) is 0 Å². The Morgan fingerprint density at radius 1 is 0.424 bits per heavy atom. The molecule has 10 heteroatoms. The molecule has 3 aromatic rings. The second-order valence-corrected chi connectivity index (χ2v) is 18.1. The van der Waals surface area contributed by atoms with Gasteiger partial charge < -0.3 is 18.9 Å². The van der Waals surface area contributed by atoms with Gasteiger partial charge in [-0.2, -0.15) is 0 Å². The number of carbonyl (C=O) groups is 4. The van der Waals surface area contributed by atoms with Gasteiger partial charge in [0.2, 0.25) is 0 Å². The van der Waals surface area contributed by atoms with E-state index < -0.39 is 24.1 Å². The monoisotopic (exact) mass is 913 g/mol. The third-order valence-electron chi connectivity index (χ3n) is 12.1. The van der Waals surface area contributed by atoms with E-state index in [2.05, 4.69) is 23.8 Å². The largest absolute Gasteiger partial charge is 0.456 e. The molecular formula is C56H84N2O8. The Morgan fingerprint density at radius 3 is 1.06 bits per heavy atom. The first kappa shape index (κ1) is 55.7. The van der Waals surface area contributed by atoms with E-state index in [1.54, 1.807) is 68.4 Å². The van der Waals surface area contributed by atoms with Crippen molar-refractivity contribution in [2.24, 2.45) is 0 Å². The number of pyridine rings is 2. The number of rotatable bonds is 38. The van der Waals surface area contributed by atoms with Gasteiger partial charge >= 0.3 is 23.9 Å². The summed E-state index contributed by atoms with van der Waals surface area (Å²) in [6, 6.07) is 16.8. The van der Waals surface area contributed by atoms with Crippen molar-refractivity contribution in [2.45, 2.75) is 233 Å². The minimum Gasteiger partial charge on any atom is -0.456 e. The second kappa shape index (κ2) is 35.6. The van der Waals surface area contributed by atoms with Crippen molar-refractivity contribution >= 4 is 23.9 Å². The Balaban J connectivity index is 1.31. The van der Waals surface area contributed by atoms with Crippen LogP contribution < -0.4 is 0 Å². The van der Waals surface area contributed by atoms with Crippen molar-refractivity contribution in [3.05, 3.63) is 94.6 Å². The van der Waals surface area contributed by atoms with Crippen LogP contribution >= 0.6 is 0 Å². The Morgan fingerprint density at radius 2 is 0.727 bits per heavy atom. The predicted molar refractivity (Wildman–Crippen MR) is 263 cm³/mol. The van der Waals surface area contributed by atoms with Gasteiger partial charge in [0.15, 0.2) is 0 Å². The first-order valence-electron chi connectivity index (χ1n) is 25.9. The van der Waals surface area contributed by atoms with Crippen LogP contribution in [0, 0.1) is 0 Å². The number of hydrogen-bond donors (Lipinski definition) is 0. The summed E-state index contributed by atoms with van der Waals surface area (Å²) in [5.41, 5.74) is 2.52. The smallest absolute Gasteiger partial charge is 0.338 e. The van der Waals surface area contributed by atoms with Crippen LogP contribution in [-0.2, 0) is 41.8 Å². The Bertz CT molecular complexity index is 1670. The molecule has 2 aromatic heterocycles. The molecule has 366 valence electrons. The molecule has 10 nitrogen and oxygen atoms in total. The summed E-state index contributed by atoms with van der Waals surface area (Å²) < 4.78 is 22.4. The fourth-order valence-corrected chi connectivity index (χ4v) is 8.04. The van der Waals surface area contributed by atoms with Crippen LogP contribution in [0.2, 0.25) is 0 Å². The van der Waals surface area contributed by atoms with Crippen LogP contribution in [0.1, 0.15) is 263 Å². The van der Waals surface area contributed by atoms with Gasteiger partial charge in [0, 0.05) is 12.8 Å². The van der Waals surface area contributed by atoms with E-state index in [-0.39, 0.29) is 36.3 Å². The third kappa shape index (κ3) is 25.3. The van der Waals surface area contributed by atoms with E-state index in [1.165, 1.54) is 134 Å². The van der Waals surface area contributed by atoms with Crippen LogP contribution in [0.25, 0.3) is 0 Å².